The zero-order chi connectivity index (χ0) is 17.1. The van der Waals surface area contributed by atoms with Crippen LogP contribution in [0.1, 0.15) is 10.5 Å². The Morgan fingerprint density at radius 2 is 2.21 bits per heavy atom. The molecule has 0 fully saturated rings. The summed E-state index contributed by atoms with van der Waals surface area (Å²) in [7, 11) is 1.38. The standard InChI is InChI=1S/C15H12ClN5O3/c1-24-14-6-18-11(5-13(14)22)15(23)20-10-4-9(16)2-3-12(10)21-8-17-7-19-21/h2-8H,1H3,(H,18,22)(H,20,23). The van der Waals surface area contributed by atoms with E-state index >= 15 is 0 Å². The van der Waals surface area contributed by atoms with Crippen molar-refractivity contribution in [3.63, 3.8) is 0 Å². The number of carbonyl (C=O) groups is 1. The van der Waals surface area contributed by atoms with E-state index in [4.69, 9.17) is 16.3 Å². The van der Waals surface area contributed by atoms with E-state index in [1.54, 1.807) is 18.2 Å². The zero-order valence-electron chi connectivity index (χ0n) is 12.5. The number of aromatic nitrogens is 4. The lowest BCUT2D eigenvalue weighted by molar-refractivity contribution is 0.102. The molecule has 1 aromatic carbocycles. The number of carbonyl (C=O) groups excluding carboxylic acids is 1. The predicted molar refractivity (Wildman–Crippen MR) is 87.9 cm³/mol. The minimum atomic E-state index is -0.501. The van der Waals surface area contributed by atoms with Gasteiger partial charge in [0.15, 0.2) is 5.75 Å². The molecule has 8 nitrogen and oxygen atoms in total. The van der Waals surface area contributed by atoms with Crippen LogP contribution >= 0.6 is 11.6 Å². The number of nitrogens with zero attached hydrogens (tertiary/aromatic N) is 3. The molecule has 0 saturated carbocycles. The average molecular weight is 346 g/mol. The van der Waals surface area contributed by atoms with Crippen molar-refractivity contribution in [3.8, 4) is 11.4 Å². The Bertz CT molecular complexity index is 937. The lowest BCUT2D eigenvalue weighted by Crippen LogP contribution is -2.18. The number of H-pyrrole nitrogens is 1. The number of methoxy groups -OCH3 is 1. The number of anilines is 1. The molecule has 122 valence electrons. The molecule has 2 heterocycles. The molecule has 0 aliphatic carbocycles. The number of pyridine rings is 1. The van der Waals surface area contributed by atoms with Crippen LogP contribution in [0.5, 0.6) is 5.75 Å². The van der Waals surface area contributed by atoms with Gasteiger partial charge < -0.3 is 15.0 Å². The van der Waals surface area contributed by atoms with Gasteiger partial charge in [-0.05, 0) is 18.2 Å². The van der Waals surface area contributed by atoms with Gasteiger partial charge in [0.25, 0.3) is 5.91 Å². The monoisotopic (exact) mass is 345 g/mol. The lowest BCUT2D eigenvalue weighted by atomic mass is 10.2. The number of benzene rings is 1. The first-order valence-corrected chi connectivity index (χ1v) is 7.19. The van der Waals surface area contributed by atoms with Crippen LogP contribution in [0.4, 0.5) is 5.69 Å². The van der Waals surface area contributed by atoms with Crippen LogP contribution in [0.3, 0.4) is 0 Å². The molecule has 9 heteroatoms. The molecule has 0 saturated heterocycles. The summed E-state index contributed by atoms with van der Waals surface area (Å²) in [6.07, 6.45) is 4.20. The van der Waals surface area contributed by atoms with Gasteiger partial charge in [-0.3, -0.25) is 9.59 Å². The number of amides is 1. The summed E-state index contributed by atoms with van der Waals surface area (Å²) >= 11 is 6.00. The van der Waals surface area contributed by atoms with Gasteiger partial charge in [0.05, 0.1) is 18.5 Å². The Morgan fingerprint density at radius 1 is 1.38 bits per heavy atom. The van der Waals surface area contributed by atoms with Crippen LogP contribution in [0.25, 0.3) is 5.69 Å². The molecule has 0 unspecified atom stereocenters. The predicted octanol–water partition coefficient (Wildman–Crippen LogP) is 1.87. The molecular formula is C15H12ClN5O3. The summed E-state index contributed by atoms with van der Waals surface area (Å²) in [5.74, 6) is -0.379. The topological polar surface area (TPSA) is 102 Å². The van der Waals surface area contributed by atoms with Gasteiger partial charge in [0, 0.05) is 17.3 Å². The van der Waals surface area contributed by atoms with Crippen molar-refractivity contribution in [3.05, 3.63) is 64.1 Å². The van der Waals surface area contributed by atoms with E-state index in [1.165, 1.54) is 30.6 Å². The van der Waals surface area contributed by atoms with Gasteiger partial charge in [-0.15, -0.1) is 0 Å². The van der Waals surface area contributed by atoms with Gasteiger partial charge in [-0.1, -0.05) is 11.6 Å². The van der Waals surface area contributed by atoms with Gasteiger partial charge in [0.2, 0.25) is 5.43 Å². The minimum Gasteiger partial charge on any atom is -0.491 e. The number of ether oxygens (including phenoxy) is 1. The molecular weight excluding hydrogens is 334 g/mol. The number of hydrogen-bond acceptors (Lipinski definition) is 5. The molecule has 1 amide bonds. The third-order valence-electron chi connectivity index (χ3n) is 3.21. The summed E-state index contributed by atoms with van der Waals surface area (Å²) in [6.45, 7) is 0. The van der Waals surface area contributed by atoms with E-state index in [9.17, 15) is 9.59 Å². The summed E-state index contributed by atoms with van der Waals surface area (Å²) in [5.41, 5.74) is 0.699. The number of halogens is 1. The second kappa shape index (κ2) is 6.55. The number of nitrogens with one attached hydrogen (secondary N) is 2. The molecule has 0 radical (unpaired) electrons. The number of hydrogen-bond donors (Lipinski definition) is 2. The number of rotatable bonds is 4. The van der Waals surface area contributed by atoms with Gasteiger partial charge in [-0.2, -0.15) is 5.10 Å². The highest BCUT2D eigenvalue weighted by Crippen LogP contribution is 2.24. The fraction of sp³-hybridized carbons (Fsp3) is 0.0667. The maximum atomic E-state index is 12.4. The van der Waals surface area contributed by atoms with Crippen LogP contribution in [0, 0.1) is 0 Å². The first kappa shape index (κ1) is 15.8. The average Bonchev–Trinajstić information content (AvgIpc) is 3.09. The first-order chi connectivity index (χ1) is 11.6. The zero-order valence-corrected chi connectivity index (χ0v) is 13.2. The fourth-order valence-electron chi connectivity index (χ4n) is 2.08. The van der Waals surface area contributed by atoms with Crippen molar-refractivity contribution in [2.45, 2.75) is 0 Å². The van der Waals surface area contributed by atoms with Gasteiger partial charge in [-0.25, -0.2) is 9.67 Å². The maximum Gasteiger partial charge on any atom is 0.272 e. The third kappa shape index (κ3) is 3.13. The van der Waals surface area contributed by atoms with Gasteiger partial charge >= 0.3 is 0 Å². The Kier molecular flexibility index (Phi) is 4.30. The van der Waals surface area contributed by atoms with Crippen molar-refractivity contribution in [2.75, 3.05) is 12.4 Å². The highest BCUT2D eigenvalue weighted by atomic mass is 35.5. The van der Waals surface area contributed by atoms with Crippen molar-refractivity contribution >= 4 is 23.2 Å². The molecule has 3 aromatic rings. The summed E-state index contributed by atoms with van der Waals surface area (Å²) in [4.78, 5) is 30.7. The van der Waals surface area contributed by atoms with Crippen molar-refractivity contribution in [2.24, 2.45) is 0 Å². The van der Waals surface area contributed by atoms with E-state index < -0.39 is 11.3 Å². The molecule has 0 atom stereocenters. The van der Waals surface area contributed by atoms with E-state index in [0.29, 0.717) is 16.4 Å². The van der Waals surface area contributed by atoms with Gasteiger partial charge in [0.1, 0.15) is 18.3 Å². The molecule has 0 bridgehead atoms. The highest BCUT2D eigenvalue weighted by molar-refractivity contribution is 6.31. The van der Waals surface area contributed by atoms with E-state index in [-0.39, 0.29) is 11.4 Å². The second-order valence-corrected chi connectivity index (χ2v) is 5.17. The molecule has 2 N–H and O–H groups in total. The van der Waals surface area contributed by atoms with Crippen molar-refractivity contribution in [1.29, 1.82) is 0 Å². The Labute approximate surface area is 141 Å². The van der Waals surface area contributed by atoms with E-state index in [0.717, 1.165) is 6.07 Å². The molecule has 3 rings (SSSR count). The van der Waals surface area contributed by atoms with Crippen molar-refractivity contribution in [1.82, 2.24) is 19.7 Å². The van der Waals surface area contributed by atoms with Crippen LogP contribution < -0.4 is 15.5 Å². The molecule has 2 aromatic heterocycles. The molecule has 24 heavy (non-hydrogen) atoms. The van der Waals surface area contributed by atoms with Crippen LogP contribution in [-0.4, -0.2) is 32.8 Å². The molecule has 0 spiro atoms. The normalized spacial score (nSPS) is 10.4. The highest BCUT2D eigenvalue weighted by Gasteiger charge is 2.13. The summed E-state index contributed by atoms with van der Waals surface area (Å²) in [6, 6.07) is 6.11. The third-order valence-corrected chi connectivity index (χ3v) is 3.45. The minimum absolute atomic E-state index is 0.0883. The second-order valence-electron chi connectivity index (χ2n) is 4.73. The largest absolute Gasteiger partial charge is 0.491 e. The number of aromatic amines is 1. The fourth-order valence-corrected chi connectivity index (χ4v) is 2.25. The Balaban J connectivity index is 1.93. The SMILES string of the molecule is COc1c[nH]c(C(=O)Nc2cc(Cl)ccc2-n2cncn2)cc1=O. The van der Waals surface area contributed by atoms with Crippen LogP contribution in [0.2, 0.25) is 5.02 Å². The smallest absolute Gasteiger partial charge is 0.272 e. The van der Waals surface area contributed by atoms with E-state index in [2.05, 4.69) is 20.4 Å². The quantitative estimate of drug-likeness (QED) is 0.751. The Hall–Kier alpha value is -3.13. The maximum absolute atomic E-state index is 12.4. The molecule has 0 aliphatic rings. The lowest BCUT2D eigenvalue weighted by Gasteiger charge is -2.11. The Morgan fingerprint density at radius 3 is 2.88 bits per heavy atom. The summed E-state index contributed by atoms with van der Waals surface area (Å²) < 4.78 is 6.36. The first-order valence-electron chi connectivity index (χ1n) is 6.81. The summed E-state index contributed by atoms with van der Waals surface area (Å²) in [5, 5.41) is 7.17. The molecule has 0 aliphatic heterocycles. The van der Waals surface area contributed by atoms with Crippen molar-refractivity contribution < 1.29 is 9.53 Å². The van der Waals surface area contributed by atoms with Crippen LogP contribution in [0.15, 0.2) is 47.9 Å². The van der Waals surface area contributed by atoms with E-state index in [1.807, 2.05) is 0 Å². The van der Waals surface area contributed by atoms with Crippen LogP contribution in [-0.2, 0) is 0 Å².